The molecule has 0 spiro atoms. The zero-order valence-electron chi connectivity index (χ0n) is 16.9. The minimum atomic E-state index is -3.79. The second-order valence-electron chi connectivity index (χ2n) is 6.35. The van der Waals surface area contributed by atoms with E-state index in [-0.39, 0.29) is 10.1 Å². The molecular weight excluding hydrogens is 462 g/mol. The molecule has 31 heavy (non-hydrogen) atoms. The molecule has 0 unspecified atom stereocenters. The summed E-state index contributed by atoms with van der Waals surface area (Å²) in [6.45, 7) is 3.47. The van der Waals surface area contributed by atoms with Crippen molar-refractivity contribution in [3.63, 3.8) is 0 Å². The third kappa shape index (κ3) is 5.46. The summed E-state index contributed by atoms with van der Waals surface area (Å²) < 4.78 is 38.3. The first-order chi connectivity index (χ1) is 14.7. The van der Waals surface area contributed by atoms with Crippen LogP contribution in [0.2, 0.25) is 5.02 Å². The summed E-state index contributed by atoms with van der Waals surface area (Å²) in [4.78, 5) is 12.4. The summed E-state index contributed by atoms with van der Waals surface area (Å²) in [5, 5.41) is 6.91. The number of anilines is 2. The highest BCUT2D eigenvalue weighted by molar-refractivity contribution is 7.94. The first-order valence-corrected chi connectivity index (χ1v) is 11.8. The summed E-state index contributed by atoms with van der Waals surface area (Å²) in [5.41, 5.74) is 1.37. The molecule has 0 atom stereocenters. The van der Waals surface area contributed by atoms with Crippen molar-refractivity contribution in [2.24, 2.45) is 0 Å². The van der Waals surface area contributed by atoms with Crippen LogP contribution in [0.3, 0.4) is 0 Å². The highest BCUT2D eigenvalue weighted by atomic mass is 35.5. The number of carbonyl (C=O) groups excluding carboxylic acids is 1. The van der Waals surface area contributed by atoms with E-state index in [1.54, 1.807) is 44.2 Å². The number of rotatable bonds is 8. The lowest BCUT2D eigenvalue weighted by Gasteiger charge is -2.08. The van der Waals surface area contributed by atoms with Crippen molar-refractivity contribution in [3.05, 3.63) is 51.7 Å². The van der Waals surface area contributed by atoms with E-state index in [2.05, 4.69) is 15.2 Å². The molecule has 164 valence electrons. The average Bonchev–Trinajstić information content (AvgIpc) is 3.34. The summed E-state index contributed by atoms with van der Waals surface area (Å²) in [6, 6.07) is 7.80. The molecule has 0 saturated heterocycles. The summed E-state index contributed by atoms with van der Waals surface area (Å²) in [6.07, 6.45) is 3.64. The molecule has 3 rings (SSSR count). The van der Waals surface area contributed by atoms with Crippen LogP contribution in [0.1, 0.15) is 29.7 Å². The number of nitrogens with one attached hydrogen (secondary N) is 2. The van der Waals surface area contributed by atoms with E-state index in [4.69, 9.17) is 20.9 Å². The first kappa shape index (κ1) is 22.9. The van der Waals surface area contributed by atoms with Gasteiger partial charge in [-0.15, -0.1) is 11.3 Å². The van der Waals surface area contributed by atoms with Gasteiger partial charge in [0.15, 0.2) is 5.76 Å². The van der Waals surface area contributed by atoms with Gasteiger partial charge in [-0.1, -0.05) is 23.7 Å². The number of benzene rings is 1. The maximum atomic E-state index is 12.7. The summed E-state index contributed by atoms with van der Waals surface area (Å²) in [5.74, 6) is 0.670. The molecule has 3 aromatic rings. The maximum Gasteiger partial charge on any atom is 0.271 e. The van der Waals surface area contributed by atoms with Crippen LogP contribution in [0.15, 0.2) is 39.1 Å². The molecule has 0 radical (unpaired) electrons. The summed E-state index contributed by atoms with van der Waals surface area (Å²) >= 11 is 7.13. The fourth-order valence-corrected chi connectivity index (χ4v) is 5.08. The van der Waals surface area contributed by atoms with Gasteiger partial charge in [-0.3, -0.25) is 9.52 Å². The second-order valence-corrected chi connectivity index (χ2v) is 9.79. The molecule has 1 aromatic carbocycles. The van der Waals surface area contributed by atoms with Gasteiger partial charge in [0.1, 0.15) is 21.3 Å². The highest BCUT2D eigenvalue weighted by Gasteiger charge is 2.18. The molecule has 0 aliphatic rings. The van der Waals surface area contributed by atoms with E-state index in [9.17, 15) is 13.2 Å². The smallest absolute Gasteiger partial charge is 0.271 e. The predicted molar refractivity (Wildman–Crippen MR) is 122 cm³/mol. The standard InChI is InChI=1S/C20H20ClN3O5S2/c1-4-18(25)22-20-12(2)23-29-17(20)9-6-14-7-10-19(30-14)31(26,27)24-13-5-8-16(28-3)15(21)11-13/h5-11,24H,4H2,1-3H3,(H,22,25)/b9-6+. The molecule has 0 saturated carbocycles. The third-order valence-corrected chi connectivity index (χ3v) is 7.36. The minimum Gasteiger partial charge on any atom is -0.495 e. The number of aryl methyl sites for hydroxylation is 1. The largest absolute Gasteiger partial charge is 0.495 e. The number of carbonyl (C=O) groups is 1. The van der Waals surface area contributed by atoms with Crippen LogP contribution in [0, 0.1) is 6.92 Å². The van der Waals surface area contributed by atoms with E-state index in [1.165, 1.54) is 19.2 Å². The monoisotopic (exact) mass is 481 g/mol. The zero-order valence-corrected chi connectivity index (χ0v) is 19.3. The Labute approximate surface area is 188 Å². The van der Waals surface area contributed by atoms with Crippen LogP contribution in [0.5, 0.6) is 5.75 Å². The lowest BCUT2D eigenvalue weighted by atomic mass is 10.2. The quantitative estimate of drug-likeness (QED) is 0.467. The molecule has 1 amide bonds. The second kappa shape index (κ2) is 9.54. The van der Waals surface area contributed by atoms with E-state index >= 15 is 0 Å². The van der Waals surface area contributed by atoms with Crippen molar-refractivity contribution >= 4 is 62.4 Å². The lowest BCUT2D eigenvalue weighted by Crippen LogP contribution is -2.11. The molecule has 8 nitrogen and oxygen atoms in total. The fourth-order valence-electron chi connectivity index (χ4n) is 2.54. The van der Waals surface area contributed by atoms with Gasteiger partial charge in [0.25, 0.3) is 10.0 Å². The molecule has 0 aliphatic heterocycles. The zero-order chi connectivity index (χ0) is 22.6. The molecule has 2 N–H and O–H groups in total. The number of amides is 1. The fraction of sp³-hybridized carbons (Fsp3) is 0.200. The summed E-state index contributed by atoms with van der Waals surface area (Å²) in [7, 11) is -2.31. The molecule has 2 heterocycles. The Bertz CT molecular complexity index is 1230. The number of hydrogen-bond donors (Lipinski definition) is 2. The predicted octanol–water partition coefficient (Wildman–Crippen LogP) is 5.03. The van der Waals surface area contributed by atoms with Gasteiger partial charge < -0.3 is 14.6 Å². The number of sulfonamides is 1. The molecule has 2 aromatic heterocycles. The van der Waals surface area contributed by atoms with Crippen LogP contribution in [-0.2, 0) is 14.8 Å². The molecule has 0 fully saturated rings. The number of thiophene rings is 1. The van der Waals surface area contributed by atoms with Crippen LogP contribution in [-0.4, -0.2) is 26.6 Å². The number of methoxy groups -OCH3 is 1. The van der Waals surface area contributed by atoms with Gasteiger partial charge in [-0.05, 0) is 49.4 Å². The van der Waals surface area contributed by atoms with E-state index < -0.39 is 10.0 Å². The van der Waals surface area contributed by atoms with Crippen LogP contribution in [0.4, 0.5) is 11.4 Å². The molecule has 0 bridgehead atoms. The van der Waals surface area contributed by atoms with Crippen molar-refractivity contribution in [2.75, 3.05) is 17.1 Å². The number of ether oxygens (including phenoxy) is 1. The van der Waals surface area contributed by atoms with Crippen molar-refractivity contribution < 1.29 is 22.5 Å². The van der Waals surface area contributed by atoms with Gasteiger partial charge in [0.2, 0.25) is 5.91 Å². The van der Waals surface area contributed by atoms with Crippen LogP contribution < -0.4 is 14.8 Å². The average molecular weight is 482 g/mol. The lowest BCUT2D eigenvalue weighted by molar-refractivity contribution is -0.115. The minimum absolute atomic E-state index is 0.132. The topological polar surface area (TPSA) is 111 Å². The normalized spacial score (nSPS) is 11.6. The number of halogens is 1. The molecule has 11 heteroatoms. The number of nitrogens with zero attached hydrogens (tertiary/aromatic N) is 1. The first-order valence-electron chi connectivity index (χ1n) is 9.14. The van der Waals surface area contributed by atoms with Gasteiger partial charge in [0, 0.05) is 11.3 Å². The SMILES string of the molecule is CCC(=O)Nc1c(C)noc1/C=C/c1ccc(S(=O)(=O)Nc2ccc(OC)c(Cl)c2)s1. The van der Waals surface area contributed by atoms with E-state index in [0.717, 1.165) is 11.3 Å². The van der Waals surface area contributed by atoms with Crippen molar-refractivity contribution in [2.45, 2.75) is 24.5 Å². The van der Waals surface area contributed by atoms with Gasteiger partial charge in [-0.2, -0.15) is 0 Å². The highest BCUT2D eigenvalue weighted by Crippen LogP contribution is 2.30. The Balaban J connectivity index is 1.77. The van der Waals surface area contributed by atoms with Crippen molar-refractivity contribution in [1.29, 1.82) is 0 Å². The number of hydrogen-bond acceptors (Lipinski definition) is 7. The van der Waals surface area contributed by atoms with Gasteiger partial charge in [-0.25, -0.2) is 8.42 Å². The number of aromatic nitrogens is 1. The Morgan fingerprint density at radius 3 is 2.74 bits per heavy atom. The Morgan fingerprint density at radius 2 is 2.06 bits per heavy atom. The van der Waals surface area contributed by atoms with Crippen molar-refractivity contribution in [3.8, 4) is 5.75 Å². The van der Waals surface area contributed by atoms with Gasteiger partial charge >= 0.3 is 0 Å². The van der Waals surface area contributed by atoms with Crippen molar-refractivity contribution in [1.82, 2.24) is 5.16 Å². The Morgan fingerprint density at radius 1 is 1.29 bits per heavy atom. The van der Waals surface area contributed by atoms with Crippen LogP contribution >= 0.6 is 22.9 Å². The maximum absolute atomic E-state index is 12.7. The molecular formula is C20H20ClN3O5S2. The Hall–Kier alpha value is -2.82. The molecule has 0 aliphatic carbocycles. The Kier molecular flexibility index (Phi) is 7.04. The van der Waals surface area contributed by atoms with E-state index in [0.29, 0.717) is 44.9 Å². The van der Waals surface area contributed by atoms with Gasteiger partial charge in [0.05, 0.1) is 17.8 Å². The third-order valence-electron chi connectivity index (χ3n) is 4.14. The van der Waals surface area contributed by atoms with E-state index in [1.807, 2.05) is 0 Å². The van der Waals surface area contributed by atoms with Crippen LogP contribution in [0.25, 0.3) is 12.2 Å².